The van der Waals surface area contributed by atoms with Crippen molar-refractivity contribution in [3.8, 4) is 50.7 Å². The fourth-order valence-corrected chi connectivity index (χ4v) is 7.30. The van der Waals surface area contributed by atoms with Crippen molar-refractivity contribution in [1.29, 1.82) is 5.41 Å². The molecule has 264 valence electrons. The Bertz CT molecular complexity index is 2780. The van der Waals surface area contributed by atoms with E-state index in [1.165, 1.54) is 21.8 Å². The van der Waals surface area contributed by atoms with Gasteiger partial charge in [0.1, 0.15) is 0 Å². The van der Waals surface area contributed by atoms with E-state index in [2.05, 4.69) is 107 Å². The van der Waals surface area contributed by atoms with Crippen LogP contribution in [0.5, 0.6) is 0 Å². The third-order valence-electron chi connectivity index (χ3n) is 10.0. The molecule has 9 rings (SSSR count). The van der Waals surface area contributed by atoms with Gasteiger partial charge in [0.25, 0.3) is 0 Å². The molecule has 0 saturated heterocycles. The van der Waals surface area contributed by atoms with Gasteiger partial charge in [-0.3, -0.25) is 10.7 Å². The molecule has 0 aliphatic carbocycles. The molecule has 2 heterocycles. The van der Waals surface area contributed by atoms with Gasteiger partial charge in [-0.2, -0.15) is 0 Å². The largest absolute Gasteiger partial charge is 0.454 e. The van der Waals surface area contributed by atoms with Crippen LogP contribution in [0.4, 0.5) is 0 Å². The van der Waals surface area contributed by atoms with Crippen LogP contribution < -0.4 is 5.32 Å². The van der Waals surface area contributed by atoms with Crippen LogP contribution in [0, 0.1) is 5.41 Å². The van der Waals surface area contributed by atoms with Crippen LogP contribution >= 0.6 is 0 Å². The highest BCUT2D eigenvalue weighted by Gasteiger charge is 2.19. The van der Waals surface area contributed by atoms with Crippen molar-refractivity contribution in [2.75, 3.05) is 7.05 Å². The summed E-state index contributed by atoms with van der Waals surface area (Å²) in [5.74, 6) is 0.658. The Balaban J connectivity index is 1.09. The minimum atomic E-state index is -0.482. The molecule has 9 aromatic rings. The average molecular weight is 712 g/mol. The van der Waals surface area contributed by atoms with Gasteiger partial charge in [-0.25, -0.2) is 9.97 Å². The van der Waals surface area contributed by atoms with Crippen molar-refractivity contribution in [1.82, 2.24) is 19.9 Å². The first-order valence-corrected chi connectivity index (χ1v) is 18.4. The number of hydrogen-bond donors (Lipinski definition) is 2. The Morgan fingerprint density at radius 3 is 1.91 bits per heavy atom. The molecule has 0 radical (unpaired) electrons. The number of benzene rings is 7. The third kappa shape index (κ3) is 6.56. The lowest BCUT2D eigenvalue weighted by Crippen LogP contribution is -2.23. The number of hydrogen-bond acceptors (Lipinski definition) is 5. The predicted molar refractivity (Wildman–Crippen MR) is 224 cm³/mol. The zero-order valence-corrected chi connectivity index (χ0v) is 30.2. The lowest BCUT2D eigenvalue weighted by molar-refractivity contribution is 0.162. The summed E-state index contributed by atoms with van der Waals surface area (Å²) in [5, 5.41) is 14.7. The van der Waals surface area contributed by atoms with Gasteiger partial charge in [-0.15, -0.1) is 0 Å². The van der Waals surface area contributed by atoms with Gasteiger partial charge < -0.3 is 9.30 Å². The molecule has 2 N–H and O–H groups in total. The summed E-state index contributed by atoms with van der Waals surface area (Å²) in [5.41, 5.74) is 11.5. The van der Waals surface area contributed by atoms with Gasteiger partial charge in [0.05, 0.1) is 22.4 Å². The van der Waals surface area contributed by atoms with Crippen LogP contribution in [0.1, 0.15) is 17.4 Å². The van der Waals surface area contributed by atoms with E-state index in [0.717, 1.165) is 44.8 Å². The van der Waals surface area contributed by atoms with Crippen molar-refractivity contribution < 1.29 is 4.74 Å². The summed E-state index contributed by atoms with van der Waals surface area (Å²) >= 11 is 0. The third-order valence-corrected chi connectivity index (χ3v) is 10.0. The van der Waals surface area contributed by atoms with E-state index >= 15 is 0 Å². The molecule has 55 heavy (non-hydrogen) atoms. The first-order chi connectivity index (χ1) is 27.1. The number of para-hydroxylation sites is 2. The number of rotatable bonds is 9. The minimum absolute atomic E-state index is 0.0495. The van der Waals surface area contributed by atoms with Gasteiger partial charge in [-0.05, 0) is 60.6 Å². The number of aromatic nitrogens is 3. The van der Waals surface area contributed by atoms with E-state index in [1.54, 1.807) is 0 Å². The molecule has 0 amide bonds. The SMILES string of the molecule is CNC(OC(=N)c1ccccc1-c1cc(-c2ccc(-c3ccc4c(c3)c3ccccc3n4-c3ccccc3)cc2)nc(-c2ccccc2)n1)c1ccccc1. The summed E-state index contributed by atoms with van der Waals surface area (Å²) in [7, 11) is 1.83. The maximum atomic E-state index is 9.08. The molecule has 0 saturated carbocycles. The quantitative estimate of drug-likeness (QED) is 0.0888. The van der Waals surface area contributed by atoms with Crippen LogP contribution in [0.25, 0.3) is 72.5 Å². The van der Waals surface area contributed by atoms with Gasteiger partial charge in [0.2, 0.25) is 5.90 Å². The van der Waals surface area contributed by atoms with E-state index in [4.69, 9.17) is 20.1 Å². The lowest BCUT2D eigenvalue weighted by atomic mass is 9.99. The topological polar surface area (TPSA) is 75.8 Å². The molecule has 0 aliphatic rings. The molecule has 2 aromatic heterocycles. The second-order valence-corrected chi connectivity index (χ2v) is 13.4. The zero-order chi connectivity index (χ0) is 37.1. The molecule has 6 heteroatoms. The Kier molecular flexibility index (Phi) is 9.00. The highest BCUT2D eigenvalue weighted by atomic mass is 16.5. The molecule has 7 aromatic carbocycles. The summed E-state index contributed by atoms with van der Waals surface area (Å²) in [6.07, 6.45) is -0.482. The molecule has 1 atom stereocenters. The van der Waals surface area contributed by atoms with Crippen LogP contribution in [-0.4, -0.2) is 27.5 Å². The Morgan fingerprint density at radius 2 is 1.15 bits per heavy atom. The normalized spacial score (nSPS) is 11.8. The Labute approximate surface area is 319 Å². The van der Waals surface area contributed by atoms with Gasteiger partial charge in [0, 0.05) is 44.3 Å². The summed E-state index contributed by atoms with van der Waals surface area (Å²) in [6, 6.07) is 64.1. The summed E-state index contributed by atoms with van der Waals surface area (Å²) < 4.78 is 8.56. The number of fused-ring (bicyclic) bond motifs is 3. The van der Waals surface area contributed by atoms with E-state index < -0.39 is 6.23 Å². The maximum Gasteiger partial charge on any atom is 0.215 e. The van der Waals surface area contributed by atoms with E-state index in [-0.39, 0.29) is 5.90 Å². The molecule has 0 fully saturated rings. The molecule has 6 nitrogen and oxygen atoms in total. The molecule has 0 spiro atoms. The fourth-order valence-electron chi connectivity index (χ4n) is 7.30. The predicted octanol–water partition coefficient (Wildman–Crippen LogP) is 11.5. The zero-order valence-electron chi connectivity index (χ0n) is 30.2. The van der Waals surface area contributed by atoms with Crippen molar-refractivity contribution >= 4 is 27.7 Å². The van der Waals surface area contributed by atoms with Crippen molar-refractivity contribution in [2.45, 2.75) is 6.23 Å². The van der Waals surface area contributed by atoms with Crippen LogP contribution in [0.3, 0.4) is 0 Å². The smallest absolute Gasteiger partial charge is 0.215 e. The van der Waals surface area contributed by atoms with Crippen molar-refractivity contribution in [3.63, 3.8) is 0 Å². The first-order valence-electron chi connectivity index (χ1n) is 18.4. The van der Waals surface area contributed by atoms with Crippen molar-refractivity contribution in [3.05, 3.63) is 199 Å². The summed E-state index contributed by atoms with van der Waals surface area (Å²) in [4.78, 5) is 10.1. The van der Waals surface area contributed by atoms with E-state index in [9.17, 15) is 0 Å². The van der Waals surface area contributed by atoms with Gasteiger partial charge in [-0.1, -0.05) is 146 Å². The van der Waals surface area contributed by atoms with Crippen LogP contribution in [-0.2, 0) is 4.74 Å². The standard InChI is InChI=1S/C49H37N5O/c1-51-49(36-17-7-3-8-18-36)55-47(50)41-23-12-11-21-39(41)44-32-43(52-48(53-44)35-15-5-2-6-16-35)34-27-25-33(26-28-34)37-29-30-46-42(31-37)40-22-13-14-24-45(40)54(46)38-19-9-4-10-20-38/h2-32,49-51H,1H3. The van der Waals surface area contributed by atoms with Gasteiger partial charge in [0.15, 0.2) is 12.1 Å². The second-order valence-electron chi connectivity index (χ2n) is 13.4. The first kappa shape index (κ1) is 33.7. The van der Waals surface area contributed by atoms with Crippen LogP contribution in [0.2, 0.25) is 0 Å². The number of ether oxygens (including phenoxy) is 1. The molecule has 1 unspecified atom stereocenters. The highest BCUT2D eigenvalue weighted by molar-refractivity contribution is 6.10. The number of nitrogens with one attached hydrogen (secondary N) is 2. The molecular weight excluding hydrogens is 675 g/mol. The molecule has 0 aliphatic heterocycles. The van der Waals surface area contributed by atoms with E-state index in [1.807, 2.05) is 98.0 Å². The Morgan fingerprint density at radius 1 is 0.545 bits per heavy atom. The fraction of sp³-hybridized carbons (Fsp3) is 0.0408. The second kappa shape index (κ2) is 14.7. The summed E-state index contributed by atoms with van der Waals surface area (Å²) in [6.45, 7) is 0. The number of nitrogens with zero attached hydrogens (tertiary/aromatic N) is 3. The van der Waals surface area contributed by atoms with E-state index in [0.29, 0.717) is 17.1 Å². The lowest BCUT2D eigenvalue weighted by Gasteiger charge is -2.20. The van der Waals surface area contributed by atoms with Crippen molar-refractivity contribution in [2.24, 2.45) is 0 Å². The average Bonchev–Trinajstić information content (AvgIpc) is 3.60. The molecule has 0 bridgehead atoms. The highest BCUT2D eigenvalue weighted by Crippen LogP contribution is 2.36. The molecular formula is C49H37N5O. The monoisotopic (exact) mass is 711 g/mol. The maximum absolute atomic E-state index is 9.08. The van der Waals surface area contributed by atoms with Gasteiger partial charge >= 0.3 is 0 Å². The Hall–Kier alpha value is -7.15. The minimum Gasteiger partial charge on any atom is -0.454 e. The van der Waals surface area contributed by atoms with Crippen LogP contribution in [0.15, 0.2) is 188 Å².